The Balaban J connectivity index is 1.82. The van der Waals surface area contributed by atoms with Gasteiger partial charge in [0.2, 0.25) is 5.91 Å². The third-order valence-corrected chi connectivity index (χ3v) is 3.69. The van der Waals surface area contributed by atoms with E-state index >= 15 is 0 Å². The van der Waals surface area contributed by atoms with Gasteiger partial charge >= 0.3 is 0 Å². The molecule has 0 aliphatic heterocycles. The van der Waals surface area contributed by atoms with Crippen LogP contribution in [-0.2, 0) is 17.6 Å². The first kappa shape index (κ1) is 16.1. The van der Waals surface area contributed by atoms with E-state index in [2.05, 4.69) is 4.98 Å². The molecule has 1 aromatic carbocycles. The maximum absolute atomic E-state index is 12.9. The zero-order valence-electron chi connectivity index (χ0n) is 12.8. The van der Waals surface area contributed by atoms with Gasteiger partial charge in [0.15, 0.2) is 0 Å². The van der Waals surface area contributed by atoms with Gasteiger partial charge in [0, 0.05) is 31.9 Å². The molecule has 2 rings (SSSR count). The van der Waals surface area contributed by atoms with Gasteiger partial charge in [-0.1, -0.05) is 12.1 Å². The number of hydrogen-bond donors (Lipinski definition) is 0. The number of pyridine rings is 1. The van der Waals surface area contributed by atoms with Crippen LogP contribution in [0.15, 0.2) is 48.8 Å². The van der Waals surface area contributed by atoms with Gasteiger partial charge in [-0.15, -0.1) is 0 Å². The summed E-state index contributed by atoms with van der Waals surface area (Å²) in [6.07, 6.45) is 5.46. The van der Waals surface area contributed by atoms with Crippen molar-refractivity contribution in [3.8, 4) is 0 Å². The molecule has 1 heterocycles. The van der Waals surface area contributed by atoms with E-state index in [1.807, 2.05) is 24.0 Å². The minimum absolute atomic E-state index is 0.140. The zero-order chi connectivity index (χ0) is 15.8. The van der Waals surface area contributed by atoms with Crippen LogP contribution >= 0.6 is 0 Å². The zero-order valence-corrected chi connectivity index (χ0v) is 12.8. The first-order valence-electron chi connectivity index (χ1n) is 7.60. The summed E-state index contributed by atoms with van der Waals surface area (Å²) in [4.78, 5) is 18.1. The molecule has 2 aromatic rings. The second-order valence-electron chi connectivity index (χ2n) is 5.21. The van der Waals surface area contributed by atoms with Crippen molar-refractivity contribution in [1.29, 1.82) is 0 Å². The van der Waals surface area contributed by atoms with Crippen LogP contribution in [-0.4, -0.2) is 28.9 Å². The number of halogens is 1. The number of carbonyl (C=O) groups excluding carboxylic acids is 1. The second kappa shape index (κ2) is 8.27. The van der Waals surface area contributed by atoms with Crippen LogP contribution in [0.1, 0.15) is 24.5 Å². The largest absolute Gasteiger partial charge is 0.343 e. The average Bonchev–Trinajstić information content (AvgIpc) is 2.56. The third kappa shape index (κ3) is 4.95. The molecule has 116 valence electrons. The SMILES string of the molecule is CCN(CCc1ccncc1)C(=O)CCc1ccc(F)cc1. The molecule has 1 aromatic heterocycles. The Morgan fingerprint density at radius 3 is 2.32 bits per heavy atom. The summed E-state index contributed by atoms with van der Waals surface area (Å²) in [5, 5.41) is 0. The van der Waals surface area contributed by atoms with Crippen molar-refractivity contribution in [3.63, 3.8) is 0 Å². The molecule has 0 unspecified atom stereocenters. The van der Waals surface area contributed by atoms with Gasteiger partial charge < -0.3 is 4.90 Å². The highest BCUT2D eigenvalue weighted by molar-refractivity contribution is 5.76. The van der Waals surface area contributed by atoms with Crippen LogP contribution in [0.3, 0.4) is 0 Å². The molecule has 0 aliphatic carbocycles. The minimum Gasteiger partial charge on any atom is -0.343 e. The number of aryl methyl sites for hydroxylation is 1. The lowest BCUT2D eigenvalue weighted by Crippen LogP contribution is -2.32. The van der Waals surface area contributed by atoms with E-state index in [0.29, 0.717) is 25.9 Å². The van der Waals surface area contributed by atoms with Crippen LogP contribution in [0.4, 0.5) is 4.39 Å². The summed E-state index contributed by atoms with van der Waals surface area (Å²) in [6.45, 7) is 3.40. The lowest BCUT2D eigenvalue weighted by atomic mass is 10.1. The number of hydrogen-bond acceptors (Lipinski definition) is 2. The summed E-state index contributed by atoms with van der Waals surface area (Å²) in [7, 11) is 0. The van der Waals surface area contributed by atoms with Crippen molar-refractivity contribution in [2.45, 2.75) is 26.2 Å². The van der Waals surface area contributed by atoms with Crippen molar-refractivity contribution in [1.82, 2.24) is 9.88 Å². The number of nitrogens with zero attached hydrogens (tertiary/aromatic N) is 2. The molecule has 0 aliphatic rings. The smallest absolute Gasteiger partial charge is 0.222 e. The standard InChI is InChI=1S/C18H21FN2O/c1-2-21(14-11-16-9-12-20-13-10-16)18(22)8-5-15-3-6-17(19)7-4-15/h3-4,6-7,9-10,12-13H,2,5,8,11,14H2,1H3. The molecule has 1 amide bonds. The summed E-state index contributed by atoms with van der Waals surface area (Å²) in [6, 6.07) is 10.3. The highest BCUT2D eigenvalue weighted by atomic mass is 19.1. The summed E-state index contributed by atoms with van der Waals surface area (Å²) >= 11 is 0. The number of amides is 1. The van der Waals surface area contributed by atoms with Crippen molar-refractivity contribution >= 4 is 5.91 Å². The second-order valence-corrected chi connectivity index (χ2v) is 5.21. The van der Waals surface area contributed by atoms with E-state index in [1.54, 1.807) is 24.5 Å². The molecular weight excluding hydrogens is 279 g/mol. The molecule has 4 heteroatoms. The maximum atomic E-state index is 12.9. The predicted molar refractivity (Wildman–Crippen MR) is 84.9 cm³/mol. The lowest BCUT2D eigenvalue weighted by Gasteiger charge is -2.21. The van der Waals surface area contributed by atoms with Gasteiger partial charge in [-0.3, -0.25) is 9.78 Å². The first-order valence-corrected chi connectivity index (χ1v) is 7.60. The Morgan fingerprint density at radius 1 is 1.05 bits per heavy atom. The van der Waals surface area contributed by atoms with E-state index in [-0.39, 0.29) is 11.7 Å². The number of aromatic nitrogens is 1. The van der Waals surface area contributed by atoms with E-state index in [1.165, 1.54) is 17.7 Å². The molecule has 0 N–H and O–H groups in total. The Hall–Kier alpha value is -2.23. The van der Waals surface area contributed by atoms with E-state index in [4.69, 9.17) is 0 Å². The van der Waals surface area contributed by atoms with Gasteiger partial charge in [-0.05, 0) is 55.2 Å². The molecule has 0 atom stereocenters. The molecule has 0 fully saturated rings. The van der Waals surface area contributed by atoms with Crippen molar-refractivity contribution in [3.05, 3.63) is 65.7 Å². The third-order valence-electron chi connectivity index (χ3n) is 3.69. The molecule has 22 heavy (non-hydrogen) atoms. The topological polar surface area (TPSA) is 33.2 Å². The highest BCUT2D eigenvalue weighted by Gasteiger charge is 2.11. The molecule has 0 spiro atoms. The predicted octanol–water partition coefficient (Wildman–Crippen LogP) is 3.24. The van der Waals surface area contributed by atoms with E-state index < -0.39 is 0 Å². The van der Waals surface area contributed by atoms with E-state index in [9.17, 15) is 9.18 Å². The van der Waals surface area contributed by atoms with Gasteiger partial charge in [0.05, 0.1) is 0 Å². The van der Waals surface area contributed by atoms with E-state index in [0.717, 1.165) is 12.0 Å². The average molecular weight is 300 g/mol. The van der Waals surface area contributed by atoms with Crippen molar-refractivity contribution < 1.29 is 9.18 Å². The number of rotatable bonds is 7. The minimum atomic E-state index is -0.248. The molecule has 0 saturated heterocycles. The Kier molecular flexibility index (Phi) is 6.07. The van der Waals surface area contributed by atoms with Gasteiger partial charge in [0.1, 0.15) is 5.82 Å². The van der Waals surface area contributed by atoms with Gasteiger partial charge in [-0.25, -0.2) is 4.39 Å². The number of likely N-dealkylation sites (N-methyl/N-ethyl adjacent to an activating group) is 1. The van der Waals surface area contributed by atoms with Gasteiger partial charge in [-0.2, -0.15) is 0 Å². The number of benzene rings is 1. The molecule has 0 bridgehead atoms. The fraction of sp³-hybridized carbons (Fsp3) is 0.333. The fourth-order valence-electron chi connectivity index (χ4n) is 2.33. The Morgan fingerprint density at radius 2 is 1.68 bits per heavy atom. The van der Waals surface area contributed by atoms with Crippen LogP contribution in [0.5, 0.6) is 0 Å². The van der Waals surface area contributed by atoms with Crippen molar-refractivity contribution in [2.75, 3.05) is 13.1 Å². The number of carbonyl (C=O) groups is 1. The normalized spacial score (nSPS) is 10.5. The lowest BCUT2D eigenvalue weighted by molar-refractivity contribution is -0.130. The quantitative estimate of drug-likeness (QED) is 0.786. The summed E-state index contributed by atoms with van der Waals surface area (Å²) in [5.41, 5.74) is 2.17. The molecule has 3 nitrogen and oxygen atoms in total. The highest BCUT2D eigenvalue weighted by Crippen LogP contribution is 2.08. The molecule has 0 radical (unpaired) electrons. The Bertz CT molecular complexity index is 584. The maximum Gasteiger partial charge on any atom is 0.222 e. The summed E-state index contributed by atoms with van der Waals surface area (Å²) in [5.74, 6) is -0.108. The van der Waals surface area contributed by atoms with Crippen LogP contribution in [0.25, 0.3) is 0 Å². The molecular formula is C18H21FN2O. The van der Waals surface area contributed by atoms with Crippen LogP contribution in [0.2, 0.25) is 0 Å². The monoisotopic (exact) mass is 300 g/mol. The Labute approximate surface area is 130 Å². The summed E-state index contributed by atoms with van der Waals surface area (Å²) < 4.78 is 12.9. The fourth-order valence-corrected chi connectivity index (χ4v) is 2.33. The first-order chi connectivity index (χ1) is 10.7. The van der Waals surface area contributed by atoms with Crippen LogP contribution in [0, 0.1) is 5.82 Å². The molecule has 0 saturated carbocycles. The van der Waals surface area contributed by atoms with Crippen LogP contribution < -0.4 is 0 Å². The van der Waals surface area contributed by atoms with Crippen molar-refractivity contribution in [2.24, 2.45) is 0 Å². The van der Waals surface area contributed by atoms with Gasteiger partial charge in [0.25, 0.3) is 0 Å².